The topological polar surface area (TPSA) is 78.5 Å². The second-order valence-corrected chi connectivity index (χ2v) is 7.77. The third-order valence-corrected chi connectivity index (χ3v) is 5.59. The van der Waals surface area contributed by atoms with Gasteiger partial charge in [-0.2, -0.15) is 0 Å². The van der Waals surface area contributed by atoms with Gasteiger partial charge in [-0.05, 0) is 31.0 Å². The molecule has 1 aliphatic heterocycles. The van der Waals surface area contributed by atoms with E-state index in [9.17, 15) is 14.4 Å². The summed E-state index contributed by atoms with van der Waals surface area (Å²) < 4.78 is 0. The molecular formula is C26H25N3O3. The molecule has 0 unspecified atom stereocenters. The zero-order chi connectivity index (χ0) is 22.3. The van der Waals surface area contributed by atoms with E-state index >= 15 is 0 Å². The van der Waals surface area contributed by atoms with Crippen LogP contribution in [0, 0.1) is 0 Å². The summed E-state index contributed by atoms with van der Waals surface area (Å²) in [6.45, 7) is 1.10. The molecule has 0 bridgehead atoms. The second kappa shape index (κ2) is 9.92. The van der Waals surface area contributed by atoms with Crippen LogP contribution in [0.2, 0.25) is 0 Å². The molecule has 2 N–H and O–H groups in total. The molecule has 3 amide bonds. The van der Waals surface area contributed by atoms with E-state index in [0.717, 1.165) is 5.69 Å². The van der Waals surface area contributed by atoms with Gasteiger partial charge in [0.1, 0.15) is 0 Å². The molecule has 162 valence electrons. The standard InChI is InChI=1S/C26H25N3O3/c30-24(19-9-3-1-4-10-19)22-13-7-8-14-23(22)25(31)27-21-15-17-29(18-16-21)26(32)28-20-11-5-2-6-12-20/h1-14,21H,15-18H2,(H,27,31)(H,28,32). The highest BCUT2D eigenvalue weighted by atomic mass is 16.2. The van der Waals surface area contributed by atoms with E-state index in [1.807, 2.05) is 36.4 Å². The van der Waals surface area contributed by atoms with Crippen molar-refractivity contribution in [2.24, 2.45) is 0 Å². The van der Waals surface area contributed by atoms with Crippen molar-refractivity contribution in [3.05, 3.63) is 102 Å². The minimum Gasteiger partial charge on any atom is -0.349 e. The fourth-order valence-electron chi connectivity index (χ4n) is 3.84. The summed E-state index contributed by atoms with van der Waals surface area (Å²) in [5, 5.41) is 5.93. The predicted octanol–water partition coefficient (Wildman–Crippen LogP) is 4.34. The highest BCUT2D eigenvalue weighted by molar-refractivity contribution is 6.15. The first-order chi connectivity index (χ1) is 15.6. The molecule has 6 nitrogen and oxygen atoms in total. The summed E-state index contributed by atoms with van der Waals surface area (Å²) >= 11 is 0. The highest BCUT2D eigenvalue weighted by Crippen LogP contribution is 2.17. The number of ketones is 1. The Hall–Kier alpha value is -3.93. The highest BCUT2D eigenvalue weighted by Gasteiger charge is 2.25. The van der Waals surface area contributed by atoms with Crippen LogP contribution < -0.4 is 10.6 Å². The van der Waals surface area contributed by atoms with Crippen LogP contribution in [0.15, 0.2) is 84.9 Å². The number of rotatable bonds is 5. The molecule has 0 radical (unpaired) electrons. The Morgan fingerprint density at radius 3 is 1.94 bits per heavy atom. The van der Waals surface area contributed by atoms with Crippen LogP contribution in [-0.4, -0.2) is 41.8 Å². The van der Waals surface area contributed by atoms with Gasteiger partial charge in [0.15, 0.2) is 5.78 Å². The number of nitrogens with one attached hydrogen (secondary N) is 2. The molecule has 6 heteroatoms. The normalized spacial score (nSPS) is 13.9. The van der Waals surface area contributed by atoms with Crippen molar-refractivity contribution in [2.75, 3.05) is 18.4 Å². The molecule has 1 fully saturated rings. The smallest absolute Gasteiger partial charge is 0.321 e. The largest absolute Gasteiger partial charge is 0.349 e. The Morgan fingerprint density at radius 2 is 1.28 bits per heavy atom. The van der Waals surface area contributed by atoms with E-state index in [4.69, 9.17) is 0 Å². The summed E-state index contributed by atoms with van der Waals surface area (Å²) in [4.78, 5) is 40.1. The van der Waals surface area contributed by atoms with Crippen LogP contribution in [0.5, 0.6) is 0 Å². The number of carbonyl (C=O) groups is 3. The van der Waals surface area contributed by atoms with E-state index in [0.29, 0.717) is 42.6 Å². The van der Waals surface area contributed by atoms with Crippen molar-refractivity contribution in [1.82, 2.24) is 10.2 Å². The molecule has 0 aromatic heterocycles. The van der Waals surface area contributed by atoms with Gasteiger partial charge in [0.25, 0.3) is 5.91 Å². The minimum atomic E-state index is -0.267. The number of urea groups is 1. The van der Waals surface area contributed by atoms with Gasteiger partial charge in [0, 0.05) is 35.9 Å². The quantitative estimate of drug-likeness (QED) is 0.595. The van der Waals surface area contributed by atoms with Crippen LogP contribution in [0.25, 0.3) is 0 Å². The van der Waals surface area contributed by atoms with Gasteiger partial charge in [-0.3, -0.25) is 9.59 Å². The van der Waals surface area contributed by atoms with E-state index in [-0.39, 0.29) is 23.8 Å². The molecule has 32 heavy (non-hydrogen) atoms. The monoisotopic (exact) mass is 427 g/mol. The lowest BCUT2D eigenvalue weighted by molar-refractivity contribution is 0.0910. The summed E-state index contributed by atoms with van der Waals surface area (Å²) in [7, 11) is 0. The van der Waals surface area contributed by atoms with E-state index in [1.54, 1.807) is 53.4 Å². The molecule has 3 aromatic rings. The molecular weight excluding hydrogens is 402 g/mol. The Labute approximate surface area is 187 Å². The lowest BCUT2D eigenvalue weighted by Crippen LogP contribution is -2.47. The molecule has 1 aliphatic rings. The number of amides is 3. The van der Waals surface area contributed by atoms with Crippen LogP contribution in [-0.2, 0) is 0 Å². The number of nitrogens with zero attached hydrogens (tertiary/aromatic N) is 1. The second-order valence-electron chi connectivity index (χ2n) is 7.77. The van der Waals surface area contributed by atoms with Gasteiger partial charge in [-0.15, -0.1) is 0 Å². The Bertz CT molecular complexity index is 1090. The van der Waals surface area contributed by atoms with Crippen LogP contribution >= 0.6 is 0 Å². The molecule has 0 aliphatic carbocycles. The lowest BCUT2D eigenvalue weighted by atomic mass is 9.97. The third kappa shape index (κ3) is 5.03. The van der Waals surface area contributed by atoms with Gasteiger partial charge < -0.3 is 15.5 Å². The fraction of sp³-hybridized carbons (Fsp3) is 0.192. The first-order valence-electron chi connectivity index (χ1n) is 10.7. The van der Waals surface area contributed by atoms with E-state index in [2.05, 4.69) is 10.6 Å². The van der Waals surface area contributed by atoms with Crippen LogP contribution in [0.1, 0.15) is 39.1 Å². The SMILES string of the molecule is O=C(NC1CCN(C(=O)Nc2ccccc2)CC1)c1ccccc1C(=O)c1ccccc1. The predicted molar refractivity (Wildman–Crippen MR) is 124 cm³/mol. The summed E-state index contributed by atoms with van der Waals surface area (Å²) in [6.07, 6.45) is 1.31. The van der Waals surface area contributed by atoms with Gasteiger partial charge in [0.2, 0.25) is 0 Å². The lowest BCUT2D eigenvalue weighted by Gasteiger charge is -2.32. The number of hydrogen-bond acceptors (Lipinski definition) is 3. The molecule has 1 heterocycles. The Kier molecular flexibility index (Phi) is 6.60. The van der Waals surface area contributed by atoms with Crippen molar-refractivity contribution in [3.8, 4) is 0 Å². The van der Waals surface area contributed by atoms with Crippen molar-refractivity contribution >= 4 is 23.4 Å². The van der Waals surface area contributed by atoms with Crippen molar-refractivity contribution in [1.29, 1.82) is 0 Å². The average Bonchev–Trinajstić information content (AvgIpc) is 2.85. The summed E-state index contributed by atoms with van der Waals surface area (Å²) in [5.74, 6) is -0.444. The molecule has 3 aromatic carbocycles. The number of carbonyl (C=O) groups excluding carboxylic acids is 3. The van der Waals surface area contributed by atoms with Gasteiger partial charge in [0.05, 0.1) is 5.56 Å². The summed E-state index contributed by atoms with van der Waals surface area (Å²) in [5.41, 5.74) is 2.06. The third-order valence-electron chi connectivity index (χ3n) is 5.59. The van der Waals surface area contributed by atoms with Gasteiger partial charge in [-0.1, -0.05) is 66.7 Å². The maximum absolute atomic E-state index is 13.0. The van der Waals surface area contributed by atoms with E-state index in [1.165, 1.54) is 0 Å². The molecule has 0 spiro atoms. The number of anilines is 1. The van der Waals surface area contributed by atoms with Gasteiger partial charge in [-0.25, -0.2) is 4.79 Å². The first-order valence-corrected chi connectivity index (χ1v) is 10.7. The maximum atomic E-state index is 13.0. The Morgan fingerprint density at radius 1 is 0.719 bits per heavy atom. The molecule has 4 rings (SSSR count). The average molecular weight is 428 g/mol. The zero-order valence-electron chi connectivity index (χ0n) is 17.7. The summed E-state index contributed by atoms with van der Waals surface area (Å²) in [6, 6.07) is 25.0. The molecule has 0 atom stereocenters. The number of piperidine rings is 1. The molecule has 0 saturated carbocycles. The van der Waals surface area contributed by atoms with Gasteiger partial charge >= 0.3 is 6.03 Å². The Balaban J connectivity index is 1.36. The van der Waals surface area contributed by atoms with E-state index < -0.39 is 0 Å². The van der Waals surface area contributed by atoms with Crippen molar-refractivity contribution in [3.63, 3.8) is 0 Å². The van der Waals surface area contributed by atoms with Crippen LogP contribution in [0.4, 0.5) is 10.5 Å². The zero-order valence-corrected chi connectivity index (χ0v) is 17.7. The number of para-hydroxylation sites is 1. The minimum absolute atomic E-state index is 0.0526. The first kappa shape index (κ1) is 21.3. The number of benzene rings is 3. The van der Waals surface area contributed by atoms with Crippen molar-refractivity contribution in [2.45, 2.75) is 18.9 Å². The maximum Gasteiger partial charge on any atom is 0.321 e. The number of hydrogen-bond donors (Lipinski definition) is 2. The fourth-order valence-corrected chi connectivity index (χ4v) is 3.84. The van der Waals surface area contributed by atoms with Crippen LogP contribution in [0.3, 0.4) is 0 Å². The van der Waals surface area contributed by atoms with Crippen molar-refractivity contribution < 1.29 is 14.4 Å². The number of likely N-dealkylation sites (tertiary alicyclic amines) is 1. The molecule has 1 saturated heterocycles.